The molecule has 0 saturated heterocycles. The van der Waals surface area contributed by atoms with Crippen LogP contribution in [0.3, 0.4) is 0 Å². The lowest BCUT2D eigenvalue weighted by Crippen LogP contribution is -2.10. The van der Waals surface area contributed by atoms with Gasteiger partial charge in [-0.2, -0.15) is 8.42 Å². The standard InChI is InChI=1S/C15H16O5S/c1-11-4-9-14(15(10-11)19-3)20-21(16,17)13-7-5-12(18-2)6-8-13/h4-10H,1-3H3. The van der Waals surface area contributed by atoms with Gasteiger partial charge < -0.3 is 13.7 Å². The Hall–Kier alpha value is -2.21. The zero-order valence-corrected chi connectivity index (χ0v) is 12.8. The summed E-state index contributed by atoms with van der Waals surface area (Å²) in [5, 5.41) is 0. The molecule has 0 radical (unpaired) electrons. The van der Waals surface area contributed by atoms with Crippen LogP contribution in [0, 0.1) is 6.92 Å². The van der Waals surface area contributed by atoms with Gasteiger partial charge in [0, 0.05) is 0 Å². The van der Waals surface area contributed by atoms with Crippen LogP contribution < -0.4 is 13.7 Å². The average molecular weight is 308 g/mol. The van der Waals surface area contributed by atoms with E-state index in [1.807, 2.05) is 6.92 Å². The van der Waals surface area contributed by atoms with Crippen LogP contribution in [0.25, 0.3) is 0 Å². The van der Waals surface area contributed by atoms with E-state index in [1.54, 1.807) is 30.3 Å². The first-order valence-electron chi connectivity index (χ1n) is 6.19. The molecule has 112 valence electrons. The van der Waals surface area contributed by atoms with Gasteiger partial charge in [0.15, 0.2) is 11.5 Å². The second-order valence-electron chi connectivity index (χ2n) is 4.37. The van der Waals surface area contributed by atoms with Crippen molar-refractivity contribution in [1.82, 2.24) is 0 Å². The minimum atomic E-state index is -3.92. The summed E-state index contributed by atoms with van der Waals surface area (Å²) >= 11 is 0. The van der Waals surface area contributed by atoms with Crippen molar-refractivity contribution in [3.8, 4) is 17.2 Å². The monoisotopic (exact) mass is 308 g/mol. The highest BCUT2D eigenvalue weighted by Crippen LogP contribution is 2.30. The molecule has 2 rings (SSSR count). The van der Waals surface area contributed by atoms with Crippen molar-refractivity contribution in [3.05, 3.63) is 48.0 Å². The lowest BCUT2D eigenvalue weighted by Gasteiger charge is -2.11. The molecule has 0 saturated carbocycles. The van der Waals surface area contributed by atoms with E-state index in [9.17, 15) is 8.42 Å². The Kier molecular flexibility index (Phi) is 4.37. The van der Waals surface area contributed by atoms with Crippen LogP contribution in [0.15, 0.2) is 47.4 Å². The molecule has 0 N–H and O–H groups in total. The Morgan fingerprint density at radius 2 is 1.52 bits per heavy atom. The highest BCUT2D eigenvalue weighted by Gasteiger charge is 2.19. The van der Waals surface area contributed by atoms with Gasteiger partial charge in [-0.25, -0.2) is 0 Å². The van der Waals surface area contributed by atoms with E-state index in [0.29, 0.717) is 11.5 Å². The van der Waals surface area contributed by atoms with E-state index in [4.69, 9.17) is 13.7 Å². The summed E-state index contributed by atoms with van der Waals surface area (Å²) in [7, 11) is -0.948. The van der Waals surface area contributed by atoms with Crippen molar-refractivity contribution in [1.29, 1.82) is 0 Å². The van der Waals surface area contributed by atoms with E-state index < -0.39 is 10.1 Å². The third-order valence-corrected chi connectivity index (χ3v) is 4.12. The van der Waals surface area contributed by atoms with E-state index in [-0.39, 0.29) is 10.6 Å². The van der Waals surface area contributed by atoms with Gasteiger partial charge in [0.25, 0.3) is 0 Å². The van der Waals surface area contributed by atoms with E-state index in [1.165, 1.54) is 26.4 Å². The van der Waals surface area contributed by atoms with Crippen LogP contribution in [0.4, 0.5) is 0 Å². The fraction of sp³-hybridized carbons (Fsp3) is 0.200. The maximum Gasteiger partial charge on any atom is 0.339 e. The summed E-state index contributed by atoms with van der Waals surface area (Å²) in [6.45, 7) is 1.88. The lowest BCUT2D eigenvalue weighted by molar-refractivity contribution is 0.390. The molecule has 0 aromatic heterocycles. The van der Waals surface area contributed by atoms with Crippen molar-refractivity contribution in [2.75, 3.05) is 14.2 Å². The van der Waals surface area contributed by atoms with E-state index in [2.05, 4.69) is 0 Å². The molecular weight excluding hydrogens is 292 g/mol. The summed E-state index contributed by atoms with van der Waals surface area (Å²) in [5.41, 5.74) is 0.945. The molecule has 0 atom stereocenters. The highest BCUT2D eigenvalue weighted by molar-refractivity contribution is 7.87. The van der Waals surface area contributed by atoms with Gasteiger partial charge in [-0.1, -0.05) is 6.07 Å². The predicted molar refractivity (Wildman–Crippen MR) is 78.5 cm³/mol. The quantitative estimate of drug-likeness (QED) is 0.795. The smallest absolute Gasteiger partial charge is 0.339 e. The van der Waals surface area contributed by atoms with E-state index >= 15 is 0 Å². The van der Waals surface area contributed by atoms with Gasteiger partial charge in [-0.05, 0) is 48.9 Å². The zero-order valence-electron chi connectivity index (χ0n) is 12.0. The first-order chi connectivity index (χ1) is 9.96. The number of rotatable bonds is 5. The Balaban J connectivity index is 2.32. The summed E-state index contributed by atoms with van der Waals surface area (Å²) in [6, 6.07) is 11.0. The summed E-state index contributed by atoms with van der Waals surface area (Å²) in [4.78, 5) is 0.0472. The number of aryl methyl sites for hydroxylation is 1. The van der Waals surface area contributed by atoms with Gasteiger partial charge in [0.05, 0.1) is 14.2 Å². The molecule has 2 aromatic rings. The van der Waals surface area contributed by atoms with Gasteiger partial charge in [-0.15, -0.1) is 0 Å². The minimum Gasteiger partial charge on any atom is -0.497 e. The second kappa shape index (κ2) is 6.05. The Labute approximate surface area is 124 Å². The molecule has 6 heteroatoms. The molecule has 0 amide bonds. The summed E-state index contributed by atoms with van der Waals surface area (Å²) in [5.74, 6) is 1.09. The van der Waals surface area contributed by atoms with Gasteiger partial charge in [-0.3, -0.25) is 0 Å². The van der Waals surface area contributed by atoms with Crippen molar-refractivity contribution < 1.29 is 22.1 Å². The number of methoxy groups -OCH3 is 2. The molecule has 0 aliphatic rings. The first kappa shape index (κ1) is 15.2. The number of benzene rings is 2. The van der Waals surface area contributed by atoms with Gasteiger partial charge >= 0.3 is 10.1 Å². The number of ether oxygens (including phenoxy) is 2. The second-order valence-corrected chi connectivity index (χ2v) is 5.91. The van der Waals surface area contributed by atoms with Gasteiger partial charge in [0.2, 0.25) is 0 Å². The molecule has 0 unspecified atom stereocenters. The van der Waals surface area contributed by atoms with Crippen LogP contribution in [0.5, 0.6) is 17.2 Å². The fourth-order valence-electron chi connectivity index (χ4n) is 1.75. The Morgan fingerprint density at radius 1 is 0.857 bits per heavy atom. The highest BCUT2D eigenvalue weighted by atomic mass is 32.2. The summed E-state index contributed by atoms with van der Waals surface area (Å²) < 4.78 is 39.7. The van der Waals surface area contributed by atoms with Crippen LogP contribution in [-0.4, -0.2) is 22.6 Å². The molecule has 5 nitrogen and oxygen atoms in total. The third-order valence-electron chi connectivity index (χ3n) is 2.87. The molecule has 0 heterocycles. The van der Waals surface area contributed by atoms with Crippen molar-refractivity contribution in [2.45, 2.75) is 11.8 Å². The zero-order chi connectivity index (χ0) is 15.5. The Bertz CT molecular complexity index is 720. The average Bonchev–Trinajstić information content (AvgIpc) is 2.49. The normalized spacial score (nSPS) is 11.0. The number of hydrogen-bond donors (Lipinski definition) is 0. The molecular formula is C15H16O5S. The molecule has 0 bridgehead atoms. The summed E-state index contributed by atoms with van der Waals surface area (Å²) in [6.07, 6.45) is 0. The van der Waals surface area contributed by atoms with Crippen LogP contribution >= 0.6 is 0 Å². The molecule has 21 heavy (non-hydrogen) atoms. The van der Waals surface area contributed by atoms with Gasteiger partial charge in [0.1, 0.15) is 10.6 Å². The van der Waals surface area contributed by atoms with Crippen molar-refractivity contribution in [3.63, 3.8) is 0 Å². The van der Waals surface area contributed by atoms with Crippen molar-refractivity contribution in [2.24, 2.45) is 0 Å². The fourth-order valence-corrected chi connectivity index (χ4v) is 2.69. The molecule has 0 aliphatic heterocycles. The van der Waals surface area contributed by atoms with Crippen LogP contribution in [0.2, 0.25) is 0 Å². The van der Waals surface area contributed by atoms with Crippen LogP contribution in [0.1, 0.15) is 5.56 Å². The molecule has 2 aromatic carbocycles. The SMILES string of the molecule is COc1ccc(S(=O)(=O)Oc2ccc(C)cc2OC)cc1. The third kappa shape index (κ3) is 3.46. The maximum absolute atomic E-state index is 12.2. The Morgan fingerprint density at radius 3 is 2.10 bits per heavy atom. The van der Waals surface area contributed by atoms with E-state index in [0.717, 1.165) is 5.56 Å². The van der Waals surface area contributed by atoms with Crippen molar-refractivity contribution >= 4 is 10.1 Å². The minimum absolute atomic E-state index is 0.0472. The molecule has 0 aliphatic carbocycles. The van der Waals surface area contributed by atoms with Crippen LogP contribution in [-0.2, 0) is 10.1 Å². The molecule has 0 fully saturated rings. The first-order valence-corrected chi connectivity index (χ1v) is 7.60. The maximum atomic E-state index is 12.2. The largest absolute Gasteiger partial charge is 0.497 e. The lowest BCUT2D eigenvalue weighted by atomic mass is 10.2. The molecule has 0 spiro atoms. The topological polar surface area (TPSA) is 61.8 Å². The number of hydrogen-bond acceptors (Lipinski definition) is 5. The predicted octanol–water partition coefficient (Wildman–Crippen LogP) is 2.78.